The lowest BCUT2D eigenvalue weighted by Gasteiger charge is -1.89. The van der Waals surface area contributed by atoms with Gasteiger partial charge in [0.15, 0.2) is 5.75 Å². The van der Waals surface area contributed by atoms with Gasteiger partial charge in [-0.15, -0.1) is 0 Å². The molecular weight excluding hydrogens is 154 g/mol. The zero-order valence-electron chi connectivity index (χ0n) is 6.13. The van der Waals surface area contributed by atoms with Gasteiger partial charge in [0, 0.05) is 5.39 Å². The number of aromatic amines is 1. The van der Waals surface area contributed by atoms with Crippen LogP contribution in [0.5, 0.6) is 11.5 Å². The summed E-state index contributed by atoms with van der Waals surface area (Å²) in [5.74, 6) is 1.20. The molecule has 0 spiro atoms. The molecule has 2 aromatic rings. The number of pyridine rings is 1. The SMILES string of the molecule is O=c1[nH]c2ccccc2c2c1O2. The van der Waals surface area contributed by atoms with Gasteiger partial charge in [-0.1, -0.05) is 12.1 Å². The van der Waals surface area contributed by atoms with E-state index < -0.39 is 0 Å². The van der Waals surface area contributed by atoms with Crippen molar-refractivity contribution in [3.8, 4) is 11.5 Å². The Morgan fingerprint density at radius 1 is 1.17 bits per heavy atom. The van der Waals surface area contributed by atoms with Crippen LogP contribution < -0.4 is 10.3 Å². The highest BCUT2D eigenvalue weighted by Gasteiger charge is 2.27. The first kappa shape index (κ1) is 5.83. The molecular formula is C9H5NO2. The summed E-state index contributed by atoms with van der Waals surface area (Å²) in [6.45, 7) is 0. The van der Waals surface area contributed by atoms with Gasteiger partial charge in [0.1, 0.15) is 0 Å². The number of aromatic nitrogens is 1. The number of para-hydroxylation sites is 1. The van der Waals surface area contributed by atoms with Gasteiger partial charge >= 0.3 is 0 Å². The molecule has 0 unspecified atom stereocenters. The molecule has 0 atom stereocenters. The van der Waals surface area contributed by atoms with Gasteiger partial charge in [-0.05, 0) is 12.1 Å². The minimum atomic E-state index is -0.135. The molecule has 1 aliphatic heterocycles. The molecule has 1 aromatic heterocycles. The highest BCUT2D eigenvalue weighted by Crippen LogP contribution is 2.46. The number of rotatable bonds is 0. The predicted molar refractivity (Wildman–Crippen MR) is 44.6 cm³/mol. The number of H-pyrrole nitrogens is 1. The first-order valence-electron chi connectivity index (χ1n) is 3.69. The zero-order chi connectivity index (χ0) is 8.13. The minimum absolute atomic E-state index is 0.135. The Labute approximate surface area is 67.6 Å². The molecule has 0 saturated carbocycles. The van der Waals surface area contributed by atoms with Crippen LogP contribution in [0.15, 0.2) is 29.1 Å². The summed E-state index contributed by atoms with van der Waals surface area (Å²) in [7, 11) is 0. The summed E-state index contributed by atoms with van der Waals surface area (Å²) in [5, 5.41) is 0.979. The second-order valence-electron chi connectivity index (χ2n) is 2.76. The molecule has 1 N–H and O–H groups in total. The van der Waals surface area contributed by atoms with Crippen molar-refractivity contribution in [3.63, 3.8) is 0 Å². The molecule has 2 heterocycles. The third-order valence-electron chi connectivity index (χ3n) is 1.99. The molecule has 0 fully saturated rings. The Morgan fingerprint density at radius 3 is 2.92 bits per heavy atom. The predicted octanol–water partition coefficient (Wildman–Crippen LogP) is 1.63. The lowest BCUT2D eigenvalue weighted by molar-refractivity contribution is 0.648. The van der Waals surface area contributed by atoms with E-state index in [-0.39, 0.29) is 5.56 Å². The van der Waals surface area contributed by atoms with E-state index in [1.807, 2.05) is 24.3 Å². The van der Waals surface area contributed by atoms with E-state index in [2.05, 4.69) is 4.98 Å². The van der Waals surface area contributed by atoms with E-state index in [4.69, 9.17) is 4.74 Å². The van der Waals surface area contributed by atoms with Gasteiger partial charge in [0.2, 0.25) is 5.75 Å². The van der Waals surface area contributed by atoms with Crippen LogP contribution >= 0.6 is 0 Å². The normalized spacial score (nSPS) is 12.3. The Balaban J connectivity index is 2.61. The summed E-state index contributed by atoms with van der Waals surface area (Å²) in [6.07, 6.45) is 0. The molecule has 0 radical (unpaired) electrons. The summed E-state index contributed by atoms with van der Waals surface area (Å²) in [6, 6.07) is 7.59. The topological polar surface area (TPSA) is 45.4 Å². The molecule has 58 valence electrons. The van der Waals surface area contributed by atoms with Crippen molar-refractivity contribution in [2.45, 2.75) is 0 Å². The van der Waals surface area contributed by atoms with E-state index in [1.165, 1.54) is 0 Å². The van der Waals surface area contributed by atoms with E-state index in [0.29, 0.717) is 5.75 Å². The first-order valence-corrected chi connectivity index (χ1v) is 3.69. The molecule has 0 aliphatic carbocycles. The maximum atomic E-state index is 11.1. The number of hydrogen-bond donors (Lipinski definition) is 1. The molecule has 1 aliphatic rings. The van der Waals surface area contributed by atoms with Crippen molar-refractivity contribution in [1.29, 1.82) is 0 Å². The van der Waals surface area contributed by atoms with Crippen molar-refractivity contribution in [1.82, 2.24) is 4.98 Å². The lowest BCUT2D eigenvalue weighted by atomic mass is 10.2. The second kappa shape index (κ2) is 1.69. The fraction of sp³-hybridized carbons (Fsp3) is 0. The number of hydrogen-bond acceptors (Lipinski definition) is 2. The van der Waals surface area contributed by atoms with Gasteiger partial charge < -0.3 is 9.72 Å². The minimum Gasteiger partial charge on any atom is -0.443 e. The van der Waals surface area contributed by atoms with Gasteiger partial charge in [-0.2, -0.15) is 0 Å². The maximum absolute atomic E-state index is 11.1. The monoisotopic (exact) mass is 159 g/mol. The van der Waals surface area contributed by atoms with Crippen LogP contribution in [0.1, 0.15) is 0 Å². The van der Waals surface area contributed by atoms with E-state index in [1.54, 1.807) is 0 Å². The molecule has 0 bridgehead atoms. The van der Waals surface area contributed by atoms with Gasteiger partial charge in [-0.3, -0.25) is 4.79 Å². The average molecular weight is 159 g/mol. The highest BCUT2D eigenvalue weighted by atomic mass is 16.6. The molecule has 0 saturated heterocycles. The van der Waals surface area contributed by atoms with Crippen molar-refractivity contribution >= 4 is 10.9 Å². The van der Waals surface area contributed by atoms with Crippen LogP contribution in [0.3, 0.4) is 0 Å². The molecule has 0 amide bonds. The van der Waals surface area contributed by atoms with Crippen molar-refractivity contribution in [2.24, 2.45) is 0 Å². The quantitative estimate of drug-likeness (QED) is 0.507. The number of nitrogens with one attached hydrogen (secondary N) is 1. The smallest absolute Gasteiger partial charge is 0.295 e. The number of benzene rings is 1. The Morgan fingerprint density at radius 2 is 2.00 bits per heavy atom. The van der Waals surface area contributed by atoms with Crippen molar-refractivity contribution in [2.75, 3.05) is 0 Å². The molecule has 3 nitrogen and oxygen atoms in total. The van der Waals surface area contributed by atoms with E-state index in [9.17, 15) is 4.79 Å². The Bertz CT molecular complexity index is 528. The lowest BCUT2D eigenvalue weighted by Crippen LogP contribution is -1.98. The fourth-order valence-electron chi connectivity index (χ4n) is 1.37. The molecule has 12 heavy (non-hydrogen) atoms. The number of ether oxygens (including phenoxy) is 1. The van der Waals surface area contributed by atoms with Crippen LogP contribution in [-0.4, -0.2) is 4.98 Å². The third-order valence-corrected chi connectivity index (χ3v) is 1.99. The summed E-state index contributed by atoms with van der Waals surface area (Å²) in [4.78, 5) is 13.8. The Hall–Kier alpha value is -1.77. The molecule has 1 aromatic carbocycles. The summed E-state index contributed by atoms with van der Waals surface area (Å²) >= 11 is 0. The molecule has 3 heteroatoms. The van der Waals surface area contributed by atoms with Crippen LogP contribution in [0, 0.1) is 0 Å². The van der Waals surface area contributed by atoms with Crippen molar-refractivity contribution in [3.05, 3.63) is 34.6 Å². The molecule has 3 rings (SSSR count). The van der Waals surface area contributed by atoms with Gasteiger partial charge in [0.05, 0.1) is 5.52 Å². The Kier molecular flexibility index (Phi) is 0.821. The van der Waals surface area contributed by atoms with E-state index >= 15 is 0 Å². The zero-order valence-corrected chi connectivity index (χ0v) is 6.13. The third kappa shape index (κ3) is 0.580. The largest absolute Gasteiger partial charge is 0.443 e. The highest BCUT2D eigenvalue weighted by molar-refractivity contribution is 5.91. The summed E-state index contributed by atoms with van der Waals surface area (Å²) in [5.41, 5.74) is 0.697. The van der Waals surface area contributed by atoms with Crippen LogP contribution in [0.25, 0.3) is 10.9 Å². The van der Waals surface area contributed by atoms with Crippen molar-refractivity contribution < 1.29 is 4.74 Å². The van der Waals surface area contributed by atoms with Gasteiger partial charge in [-0.25, -0.2) is 0 Å². The van der Waals surface area contributed by atoms with E-state index in [0.717, 1.165) is 16.7 Å². The standard InChI is InChI=1S/C9H5NO2/c11-9-8-7(12-8)5-3-1-2-4-6(5)10-9/h1-4H,(H,10,11). The maximum Gasteiger partial charge on any atom is 0.295 e. The van der Waals surface area contributed by atoms with Crippen LogP contribution in [-0.2, 0) is 0 Å². The fourth-order valence-corrected chi connectivity index (χ4v) is 1.37. The van der Waals surface area contributed by atoms with Crippen LogP contribution in [0.2, 0.25) is 0 Å². The summed E-state index contributed by atoms with van der Waals surface area (Å²) < 4.78 is 5.04. The first-order chi connectivity index (χ1) is 5.86. The number of fused-ring (bicyclic) bond motifs is 3. The average Bonchev–Trinajstić information content (AvgIpc) is 2.84. The van der Waals surface area contributed by atoms with Crippen LogP contribution in [0.4, 0.5) is 0 Å². The van der Waals surface area contributed by atoms with Gasteiger partial charge in [0.25, 0.3) is 5.56 Å². The second-order valence-corrected chi connectivity index (χ2v) is 2.76.